The molecule has 4 N–H and O–H groups in total. The Morgan fingerprint density at radius 2 is 1.69 bits per heavy atom. The summed E-state index contributed by atoms with van der Waals surface area (Å²) < 4.78 is 2.20. The Balaban J connectivity index is 1.48. The van der Waals surface area contributed by atoms with E-state index in [4.69, 9.17) is 10.7 Å². The lowest BCUT2D eigenvalue weighted by atomic mass is 9.72. The molecule has 0 radical (unpaired) electrons. The van der Waals surface area contributed by atoms with Crippen LogP contribution in [0.4, 0.5) is 17.2 Å². The number of anilines is 3. The number of imidazole rings is 1. The summed E-state index contributed by atoms with van der Waals surface area (Å²) in [5.74, 6) is 1.50. The Bertz CT molecular complexity index is 1720. The number of carbonyl (C=O) groups excluding carboxylic acids is 1. The van der Waals surface area contributed by atoms with E-state index in [9.17, 15) is 4.79 Å². The second-order valence-corrected chi connectivity index (χ2v) is 10.4. The summed E-state index contributed by atoms with van der Waals surface area (Å²) in [5.41, 5.74) is 15.0. The van der Waals surface area contributed by atoms with E-state index in [-0.39, 0.29) is 11.4 Å². The first-order valence-electron chi connectivity index (χ1n) is 13.2. The molecule has 3 heterocycles. The first kappa shape index (κ1) is 23.4. The van der Waals surface area contributed by atoms with Crippen LogP contribution in [0.5, 0.6) is 0 Å². The molecule has 2 aromatic heterocycles. The summed E-state index contributed by atoms with van der Waals surface area (Å²) in [6.45, 7) is 1.51. The van der Waals surface area contributed by atoms with Crippen molar-refractivity contribution in [2.45, 2.75) is 31.7 Å². The van der Waals surface area contributed by atoms with Crippen molar-refractivity contribution in [3.8, 4) is 39.6 Å². The summed E-state index contributed by atoms with van der Waals surface area (Å²) in [7, 11) is 0. The van der Waals surface area contributed by atoms with Crippen LogP contribution in [0.15, 0.2) is 91.1 Å². The molecule has 3 aromatic carbocycles. The number of fused-ring (bicyclic) bond motifs is 5. The van der Waals surface area contributed by atoms with Crippen LogP contribution in [0.1, 0.15) is 31.7 Å². The summed E-state index contributed by atoms with van der Waals surface area (Å²) in [6, 6.07) is 28.6. The smallest absolute Gasteiger partial charge is 0.221 e. The molecule has 0 bridgehead atoms. The van der Waals surface area contributed by atoms with Gasteiger partial charge in [0.25, 0.3) is 0 Å². The lowest BCUT2D eigenvalue weighted by Gasteiger charge is -2.38. The zero-order valence-electron chi connectivity index (χ0n) is 21.6. The molecule has 5 aromatic rings. The fourth-order valence-electron chi connectivity index (χ4n) is 5.61. The van der Waals surface area contributed by atoms with E-state index in [0.717, 1.165) is 69.6 Å². The van der Waals surface area contributed by atoms with Crippen LogP contribution in [0.25, 0.3) is 39.6 Å². The molecule has 7 rings (SSSR count). The fraction of sp³-hybridized carbons (Fsp3) is 0.156. The molecule has 2 aliphatic rings. The quantitative estimate of drug-likeness (QED) is 0.247. The second kappa shape index (κ2) is 8.92. The standard InChI is InChI=1S/C32H28N6O/c1-20(39)35-24-15-11-21(12-16-24)28-29(22-9-13-23(14-10-22)32(33)17-5-18-32)38-27-8-4-19-34-30(27)36-26-7-3-2-6-25(26)31(38)37-28/h2-4,6-16,19H,5,17-18,33H2,1H3,(H,34,36)(H,35,39). The molecule has 7 nitrogen and oxygen atoms in total. The van der Waals surface area contributed by atoms with Gasteiger partial charge in [0.2, 0.25) is 5.91 Å². The van der Waals surface area contributed by atoms with Gasteiger partial charge in [0.05, 0.1) is 22.8 Å². The van der Waals surface area contributed by atoms with E-state index in [0.29, 0.717) is 0 Å². The Morgan fingerprint density at radius 3 is 2.41 bits per heavy atom. The topological polar surface area (TPSA) is 97.9 Å². The highest BCUT2D eigenvalue weighted by molar-refractivity contribution is 5.92. The number of nitrogens with two attached hydrogens (primary N) is 1. The maximum atomic E-state index is 11.6. The van der Waals surface area contributed by atoms with Crippen molar-refractivity contribution in [3.05, 3.63) is 96.7 Å². The van der Waals surface area contributed by atoms with E-state index in [2.05, 4.69) is 56.6 Å². The first-order valence-corrected chi connectivity index (χ1v) is 13.2. The van der Waals surface area contributed by atoms with E-state index in [1.807, 2.05) is 48.5 Å². The first-order chi connectivity index (χ1) is 19.0. The van der Waals surface area contributed by atoms with E-state index >= 15 is 0 Å². The zero-order chi connectivity index (χ0) is 26.6. The summed E-state index contributed by atoms with van der Waals surface area (Å²) in [4.78, 5) is 21.5. The number of hydrogen-bond donors (Lipinski definition) is 3. The molecule has 1 amide bonds. The number of para-hydroxylation sites is 1. The van der Waals surface area contributed by atoms with Crippen LogP contribution in [0, 0.1) is 0 Å². The van der Waals surface area contributed by atoms with E-state index in [1.165, 1.54) is 18.9 Å². The normalized spacial score (nSPS) is 14.6. The minimum Gasteiger partial charge on any atom is -0.338 e. The second-order valence-electron chi connectivity index (χ2n) is 10.4. The highest BCUT2D eigenvalue weighted by Crippen LogP contribution is 2.45. The van der Waals surface area contributed by atoms with Crippen molar-refractivity contribution in [1.82, 2.24) is 14.5 Å². The molecule has 1 fully saturated rings. The average molecular weight is 513 g/mol. The van der Waals surface area contributed by atoms with Gasteiger partial charge >= 0.3 is 0 Å². The largest absolute Gasteiger partial charge is 0.338 e. The minimum absolute atomic E-state index is 0.102. The summed E-state index contributed by atoms with van der Waals surface area (Å²) in [6.07, 6.45) is 5.00. The van der Waals surface area contributed by atoms with Gasteiger partial charge in [-0.3, -0.25) is 9.36 Å². The van der Waals surface area contributed by atoms with Gasteiger partial charge in [0.15, 0.2) is 5.82 Å². The monoisotopic (exact) mass is 512 g/mol. The van der Waals surface area contributed by atoms with Crippen LogP contribution in [0.2, 0.25) is 0 Å². The Kier molecular flexibility index (Phi) is 5.35. The lowest BCUT2D eigenvalue weighted by Crippen LogP contribution is -2.43. The van der Waals surface area contributed by atoms with Crippen molar-refractivity contribution >= 4 is 23.1 Å². The Hall–Kier alpha value is -4.75. The van der Waals surface area contributed by atoms with Crippen molar-refractivity contribution in [2.24, 2.45) is 5.73 Å². The number of nitrogens with one attached hydrogen (secondary N) is 2. The third-order valence-electron chi connectivity index (χ3n) is 7.78. The maximum absolute atomic E-state index is 11.6. The molecule has 0 spiro atoms. The number of hydrogen-bond acceptors (Lipinski definition) is 5. The number of nitrogens with zero attached hydrogens (tertiary/aromatic N) is 3. The molecular weight excluding hydrogens is 484 g/mol. The van der Waals surface area contributed by atoms with Gasteiger partial charge < -0.3 is 16.4 Å². The Morgan fingerprint density at radius 1 is 0.949 bits per heavy atom. The average Bonchev–Trinajstić information content (AvgIpc) is 3.26. The number of benzene rings is 3. The predicted octanol–water partition coefficient (Wildman–Crippen LogP) is 6.62. The molecule has 0 unspecified atom stereocenters. The van der Waals surface area contributed by atoms with Crippen LogP contribution in [-0.4, -0.2) is 20.4 Å². The third-order valence-corrected chi connectivity index (χ3v) is 7.78. The Labute approximate surface area is 226 Å². The number of amides is 1. The molecular formula is C32H28N6O. The van der Waals surface area contributed by atoms with Gasteiger partial charge in [-0.05, 0) is 61.2 Å². The van der Waals surface area contributed by atoms with Crippen molar-refractivity contribution < 1.29 is 4.79 Å². The van der Waals surface area contributed by atoms with Crippen LogP contribution >= 0.6 is 0 Å². The van der Waals surface area contributed by atoms with Gasteiger partial charge in [-0.15, -0.1) is 0 Å². The number of pyridine rings is 1. The highest BCUT2D eigenvalue weighted by atomic mass is 16.1. The number of rotatable bonds is 4. The molecule has 39 heavy (non-hydrogen) atoms. The summed E-state index contributed by atoms with van der Waals surface area (Å²) in [5, 5.41) is 6.37. The highest BCUT2D eigenvalue weighted by Gasteiger charge is 2.34. The minimum atomic E-state index is -0.228. The van der Waals surface area contributed by atoms with Crippen molar-refractivity contribution in [2.75, 3.05) is 10.6 Å². The third kappa shape index (κ3) is 3.90. The molecule has 0 atom stereocenters. The molecule has 1 aliphatic heterocycles. The van der Waals surface area contributed by atoms with Gasteiger partial charge in [-0.25, -0.2) is 9.97 Å². The van der Waals surface area contributed by atoms with Crippen LogP contribution in [-0.2, 0) is 10.3 Å². The molecule has 192 valence electrons. The number of carbonyl (C=O) groups is 1. The molecule has 1 saturated carbocycles. The van der Waals surface area contributed by atoms with Gasteiger partial charge in [0, 0.05) is 41.0 Å². The van der Waals surface area contributed by atoms with Crippen LogP contribution in [0.3, 0.4) is 0 Å². The van der Waals surface area contributed by atoms with E-state index < -0.39 is 0 Å². The van der Waals surface area contributed by atoms with Crippen molar-refractivity contribution in [1.29, 1.82) is 0 Å². The van der Waals surface area contributed by atoms with Crippen LogP contribution < -0.4 is 16.4 Å². The maximum Gasteiger partial charge on any atom is 0.221 e. The SMILES string of the molecule is CC(=O)Nc1ccc(-c2nc3n(c2-c2ccc(C4(N)CCC4)cc2)-c2cccnc2Nc2ccccc2-3)cc1. The fourth-order valence-corrected chi connectivity index (χ4v) is 5.61. The molecule has 0 saturated heterocycles. The molecule has 1 aliphatic carbocycles. The zero-order valence-corrected chi connectivity index (χ0v) is 21.6. The van der Waals surface area contributed by atoms with Crippen molar-refractivity contribution in [3.63, 3.8) is 0 Å². The predicted molar refractivity (Wildman–Crippen MR) is 155 cm³/mol. The lowest BCUT2D eigenvalue weighted by molar-refractivity contribution is -0.114. The van der Waals surface area contributed by atoms with Gasteiger partial charge in [-0.2, -0.15) is 0 Å². The molecule has 7 heteroatoms. The number of aromatic nitrogens is 3. The van der Waals surface area contributed by atoms with Gasteiger partial charge in [0.1, 0.15) is 5.82 Å². The van der Waals surface area contributed by atoms with E-state index in [1.54, 1.807) is 6.20 Å². The summed E-state index contributed by atoms with van der Waals surface area (Å²) >= 11 is 0. The van der Waals surface area contributed by atoms with Gasteiger partial charge in [-0.1, -0.05) is 48.5 Å².